The Morgan fingerprint density at radius 1 is 0.941 bits per heavy atom. The van der Waals surface area contributed by atoms with Crippen molar-refractivity contribution in [1.82, 2.24) is 0 Å². The Morgan fingerprint density at radius 3 is 2.29 bits per heavy atom. The van der Waals surface area contributed by atoms with E-state index in [1.807, 2.05) is 0 Å². The number of nitrogen functional groups attached to an aromatic ring is 1. The summed E-state index contributed by atoms with van der Waals surface area (Å²) in [4.78, 5) is 0. The maximum Gasteiger partial charge on any atom is 0.0349 e. The third-order valence-corrected chi connectivity index (χ3v) is 3.69. The first-order valence-corrected chi connectivity index (χ1v) is 7.01. The lowest BCUT2D eigenvalue weighted by molar-refractivity contribution is 0.607. The smallest absolute Gasteiger partial charge is 0.0349 e. The zero-order chi connectivity index (χ0) is 12.7. The molecule has 0 radical (unpaired) electrons. The van der Waals surface area contributed by atoms with Gasteiger partial charge in [0.05, 0.1) is 0 Å². The van der Waals surface area contributed by atoms with Crippen LogP contribution in [0.15, 0.2) is 12.1 Å². The van der Waals surface area contributed by atoms with E-state index in [0.29, 0.717) is 0 Å². The van der Waals surface area contributed by atoms with Crippen LogP contribution in [0.3, 0.4) is 0 Å². The molecule has 0 aliphatic heterocycles. The molecule has 0 saturated carbocycles. The second-order valence-corrected chi connectivity index (χ2v) is 5.09. The third-order valence-electron chi connectivity index (χ3n) is 3.69. The van der Waals surface area contributed by atoms with E-state index in [0.717, 1.165) is 12.1 Å². The van der Waals surface area contributed by atoms with E-state index in [2.05, 4.69) is 32.9 Å². The summed E-state index contributed by atoms with van der Waals surface area (Å²) in [6.45, 7) is 6.62. The van der Waals surface area contributed by atoms with Gasteiger partial charge in [-0.25, -0.2) is 0 Å². The van der Waals surface area contributed by atoms with Gasteiger partial charge >= 0.3 is 0 Å². The fourth-order valence-corrected chi connectivity index (χ4v) is 2.31. The Bertz CT molecular complexity index is 342. The molecule has 1 aromatic rings. The predicted molar refractivity (Wildman–Crippen MR) is 77.4 cm³/mol. The average Bonchev–Trinajstić information content (AvgIpc) is 2.32. The summed E-state index contributed by atoms with van der Waals surface area (Å²) < 4.78 is 0. The van der Waals surface area contributed by atoms with Gasteiger partial charge in [0.2, 0.25) is 0 Å². The highest BCUT2D eigenvalue weighted by Gasteiger charge is 2.05. The number of rotatable bonds is 7. The Balaban J connectivity index is 2.39. The van der Waals surface area contributed by atoms with Crippen molar-refractivity contribution in [1.29, 1.82) is 0 Å². The van der Waals surface area contributed by atoms with E-state index in [1.54, 1.807) is 0 Å². The van der Waals surface area contributed by atoms with Crippen molar-refractivity contribution in [2.24, 2.45) is 0 Å². The number of nitrogens with two attached hydrogens (primary N) is 1. The van der Waals surface area contributed by atoms with Crippen molar-refractivity contribution < 1.29 is 0 Å². The first kappa shape index (κ1) is 14.1. The summed E-state index contributed by atoms with van der Waals surface area (Å²) >= 11 is 0. The minimum atomic E-state index is 0.974. The molecule has 0 spiro atoms. The monoisotopic (exact) mass is 233 g/mol. The molecule has 0 aliphatic rings. The predicted octanol–water partition coefficient (Wildman–Crippen LogP) is 4.79. The van der Waals surface area contributed by atoms with Gasteiger partial charge in [0.15, 0.2) is 0 Å². The average molecular weight is 233 g/mol. The quantitative estimate of drug-likeness (QED) is 0.532. The normalized spacial score (nSPS) is 10.8. The number of hydrogen-bond acceptors (Lipinski definition) is 1. The Kier molecular flexibility index (Phi) is 6.10. The first-order chi connectivity index (χ1) is 8.16. The van der Waals surface area contributed by atoms with Crippen molar-refractivity contribution in [2.75, 3.05) is 5.73 Å². The van der Waals surface area contributed by atoms with Gasteiger partial charge in [-0.2, -0.15) is 0 Å². The van der Waals surface area contributed by atoms with E-state index >= 15 is 0 Å². The number of anilines is 1. The SMILES string of the molecule is CCCCCCCCc1c(N)ccc(C)c1C. The molecule has 0 bridgehead atoms. The summed E-state index contributed by atoms with van der Waals surface area (Å²) in [5.41, 5.74) is 11.2. The molecular formula is C16H27N. The van der Waals surface area contributed by atoms with Gasteiger partial charge in [0.25, 0.3) is 0 Å². The highest BCUT2D eigenvalue weighted by Crippen LogP contribution is 2.22. The van der Waals surface area contributed by atoms with Crippen molar-refractivity contribution in [3.8, 4) is 0 Å². The van der Waals surface area contributed by atoms with Crippen LogP contribution in [-0.4, -0.2) is 0 Å². The fourth-order valence-electron chi connectivity index (χ4n) is 2.31. The topological polar surface area (TPSA) is 26.0 Å². The van der Waals surface area contributed by atoms with Crippen LogP contribution in [0.2, 0.25) is 0 Å². The van der Waals surface area contributed by atoms with Crippen LogP contribution in [0.5, 0.6) is 0 Å². The first-order valence-electron chi connectivity index (χ1n) is 7.01. The molecule has 1 heteroatoms. The Morgan fingerprint density at radius 2 is 1.59 bits per heavy atom. The van der Waals surface area contributed by atoms with E-state index in [4.69, 9.17) is 5.73 Å². The third kappa shape index (κ3) is 4.41. The Labute approximate surface area is 106 Å². The number of unbranched alkanes of at least 4 members (excludes halogenated alkanes) is 5. The van der Waals surface area contributed by atoms with Gasteiger partial charge in [0.1, 0.15) is 0 Å². The van der Waals surface area contributed by atoms with Crippen LogP contribution >= 0.6 is 0 Å². The molecule has 0 aromatic heterocycles. The molecule has 1 aromatic carbocycles. The zero-order valence-corrected chi connectivity index (χ0v) is 11.7. The van der Waals surface area contributed by atoms with Crippen LogP contribution in [0.4, 0.5) is 5.69 Å². The van der Waals surface area contributed by atoms with E-state index in [1.165, 1.54) is 55.2 Å². The van der Waals surface area contributed by atoms with Crippen LogP contribution in [-0.2, 0) is 6.42 Å². The zero-order valence-electron chi connectivity index (χ0n) is 11.7. The second-order valence-electron chi connectivity index (χ2n) is 5.09. The highest BCUT2D eigenvalue weighted by molar-refractivity contribution is 5.53. The number of benzene rings is 1. The lowest BCUT2D eigenvalue weighted by atomic mass is 9.96. The van der Waals surface area contributed by atoms with Gasteiger partial charge in [-0.05, 0) is 49.4 Å². The molecule has 96 valence electrons. The summed E-state index contributed by atoms with van der Waals surface area (Å²) in [7, 11) is 0. The summed E-state index contributed by atoms with van der Waals surface area (Å²) in [6.07, 6.45) is 9.23. The van der Waals surface area contributed by atoms with E-state index in [9.17, 15) is 0 Å². The molecule has 17 heavy (non-hydrogen) atoms. The second kappa shape index (κ2) is 7.37. The molecule has 0 saturated heterocycles. The van der Waals surface area contributed by atoms with Gasteiger partial charge in [-0.1, -0.05) is 45.1 Å². The number of hydrogen-bond donors (Lipinski definition) is 1. The molecule has 0 heterocycles. The van der Waals surface area contributed by atoms with Gasteiger partial charge < -0.3 is 5.73 Å². The molecule has 1 rings (SSSR count). The molecular weight excluding hydrogens is 206 g/mol. The molecule has 0 atom stereocenters. The Hall–Kier alpha value is -0.980. The van der Waals surface area contributed by atoms with Gasteiger partial charge in [-0.15, -0.1) is 0 Å². The molecule has 1 nitrogen and oxygen atoms in total. The largest absolute Gasteiger partial charge is 0.398 e. The van der Waals surface area contributed by atoms with Crippen molar-refractivity contribution >= 4 is 5.69 Å². The number of aryl methyl sites for hydroxylation is 1. The molecule has 0 fully saturated rings. The minimum absolute atomic E-state index is 0.974. The van der Waals surface area contributed by atoms with Gasteiger partial charge in [0, 0.05) is 5.69 Å². The van der Waals surface area contributed by atoms with Crippen LogP contribution < -0.4 is 5.73 Å². The van der Waals surface area contributed by atoms with Crippen LogP contribution in [0.25, 0.3) is 0 Å². The summed E-state index contributed by atoms with van der Waals surface area (Å²) in [6, 6.07) is 4.17. The van der Waals surface area contributed by atoms with Gasteiger partial charge in [-0.3, -0.25) is 0 Å². The molecule has 0 amide bonds. The standard InChI is InChI=1S/C16H27N/c1-4-5-6-7-8-9-10-15-14(3)13(2)11-12-16(15)17/h11-12H,4-10,17H2,1-3H3. The highest BCUT2D eigenvalue weighted by atomic mass is 14.6. The summed E-state index contributed by atoms with van der Waals surface area (Å²) in [5, 5.41) is 0. The maximum absolute atomic E-state index is 6.05. The van der Waals surface area contributed by atoms with Crippen molar-refractivity contribution in [3.63, 3.8) is 0 Å². The molecule has 0 unspecified atom stereocenters. The van der Waals surface area contributed by atoms with Crippen molar-refractivity contribution in [3.05, 3.63) is 28.8 Å². The minimum Gasteiger partial charge on any atom is -0.398 e. The molecule has 2 N–H and O–H groups in total. The van der Waals surface area contributed by atoms with Crippen molar-refractivity contribution in [2.45, 2.75) is 65.7 Å². The lowest BCUT2D eigenvalue weighted by Gasteiger charge is -2.11. The molecule has 0 aliphatic carbocycles. The lowest BCUT2D eigenvalue weighted by Crippen LogP contribution is -1.99. The summed E-state index contributed by atoms with van der Waals surface area (Å²) in [5.74, 6) is 0. The van der Waals surface area contributed by atoms with Crippen LogP contribution in [0, 0.1) is 13.8 Å². The van der Waals surface area contributed by atoms with Crippen LogP contribution in [0.1, 0.15) is 62.1 Å². The van der Waals surface area contributed by atoms with E-state index < -0.39 is 0 Å². The fraction of sp³-hybridized carbons (Fsp3) is 0.625. The van der Waals surface area contributed by atoms with E-state index in [-0.39, 0.29) is 0 Å². The maximum atomic E-state index is 6.05.